The summed E-state index contributed by atoms with van der Waals surface area (Å²) in [5.41, 5.74) is 2.24. The quantitative estimate of drug-likeness (QED) is 0.736. The van der Waals surface area contributed by atoms with Crippen molar-refractivity contribution in [3.8, 4) is 0 Å². The molecule has 2 aromatic carbocycles. The third-order valence-corrected chi connectivity index (χ3v) is 3.94. The summed E-state index contributed by atoms with van der Waals surface area (Å²) in [5, 5.41) is 5.21. The van der Waals surface area contributed by atoms with Gasteiger partial charge in [-0.2, -0.15) is 0 Å². The van der Waals surface area contributed by atoms with E-state index < -0.39 is 24.5 Å². The highest BCUT2D eigenvalue weighted by molar-refractivity contribution is 5.97. The fourth-order valence-corrected chi connectivity index (χ4v) is 2.34. The van der Waals surface area contributed by atoms with Gasteiger partial charge in [0.15, 0.2) is 6.61 Å². The molecule has 0 bridgehead atoms. The predicted molar refractivity (Wildman–Crippen MR) is 103 cm³/mol. The summed E-state index contributed by atoms with van der Waals surface area (Å²) in [5.74, 6) is -1.09. The highest BCUT2D eigenvalue weighted by atomic mass is 16.5. The molecule has 2 N–H and O–H groups in total. The van der Waals surface area contributed by atoms with E-state index in [1.807, 2.05) is 12.1 Å². The lowest BCUT2D eigenvalue weighted by Gasteiger charge is -2.13. The minimum absolute atomic E-state index is 0.380. The maximum Gasteiger partial charge on any atom is 0.328 e. The molecule has 0 aliphatic heterocycles. The highest BCUT2D eigenvalue weighted by Crippen LogP contribution is 2.17. The van der Waals surface area contributed by atoms with Crippen LogP contribution in [0.4, 0.5) is 5.69 Å². The molecule has 0 spiro atoms. The van der Waals surface area contributed by atoms with Crippen LogP contribution in [0.5, 0.6) is 0 Å². The van der Waals surface area contributed by atoms with Crippen LogP contribution < -0.4 is 10.6 Å². The molecule has 142 valence electrons. The van der Waals surface area contributed by atoms with Crippen LogP contribution >= 0.6 is 0 Å². The monoisotopic (exact) mass is 368 g/mol. The van der Waals surface area contributed by atoms with Gasteiger partial charge in [0, 0.05) is 11.3 Å². The average molecular weight is 368 g/mol. The Balaban J connectivity index is 1.78. The van der Waals surface area contributed by atoms with E-state index in [4.69, 9.17) is 4.74 Å². The molecule has 2 aromatic rings. The minimum Gasteiger partial charge on any atom is -0.454 e. The molecule has 0 aromatic heterocycles. The van der Waals surface area contributed by atoms with Crippen LogP contribution in [0.2, 0.25) is 0 Å². The maximum absolute atomic E-state index is 12.0. The van der Waals surface area contributed by atoms with Crippen molar-refractivity contribution in [3.05, 3.63) is 65.7 Å². The number of nitrogens with one attached hydrogen (secondary N) is 2. The van der Waals surface area contributed by atoms with Crippen molar-refractivity contribution in [2.24, 2.45) is 0 Å². The number of ether oxygens (including phenoxy) is 1. The minimum atomic E-state index is -0.865. The topological polar surface area (TPSA) is 84.5 Å². The Morgan fingerprint density at radius 1 is 0.926 bits per heavy atom. The third kappa shape index (κ3) is 6.26. The summed E-state index contributed by atoms with van der Waals surface area (Å²) in [7, 11) is 0. The van der Waals surface area contributed by atoms with Crippen molar-refractivity contribution in [2.45, 2.75) is 32.7 Å². The van der Waals surface area contributed by atoms with E-state index in [0.29, 0.717) is 17.2 Å². The molecule has 0 saturated carbocycles. The number of carbonyl (C=O) groups is 3. The number of rotatable bonds is 7. The molecule has 0 radical (unpaired) electrons. The Kier molecular flexibility index (Phi) is 7.11. The van der Waals surface area contributed by atoms with Crippen molar-refractivity contribution in [1.82, 2.24) is 5.32 Å². The largest absolute Gasteiger partial charge is 0.454 e. The third-order valence-electron chi connectivity index (χ3n) is 3.94. The van der Waals surface area contributed by atoms with Gasteiger partial charge in [-0.1, -0.05) is 44.2 Å². The van der Waals surface area contributed by atoms with Gasteiger partial charge in [0.25, 0.3) is 11.8 Å². The predicted octanol–water partition coefficient (Wildman–Crippen LogP) is 3.11. The lowest BCUT2D eigenvalue weighted by Crippen LogP contribution is -2.40. The van der Waals surface area contributed by atoms with Crippen LogP contribution in [0.1, 0.15) is 42.6 Å². The molecule has 1 unspecified atom stereocenters. The molecule has 2 rings (SSSR count). The molecule has 6 nitrogen and oxygen atoms in total. The van der Waals surface area contributed by atoms with Gasteiger partial charge in [-0.05, 0) is 42.7 Å². The van der Waals surface area contributed by atoms with Gasteiger partial charge in [-0.3, -0.25) is 9.59 Å². The normalized spacial score (nSPS) is 11.6. The first kappa shape index (κ1) is 20.2. The Labute approximate surface area is 158 Å². The van der Waals surface area contributed by atoms with Crippen LogP contribution in [0.3, 0.4) is 0 Å². The fourth-order valence-electron chi connectivity index (χ4n) is 2.34. The molecular formula is C21H24N2O4. The number of amides is 2. The van der Waals surface area contributed by atoms with E-state index in [1.165, 1.54) is 12.5 Å². The zero-order valence-corrected chi connectivity index (χ0v) is 15.7. The van der Waals surface area contributed by atoms with Crippen LogP contribution in [0.15, 0.2) is 54.6 Å². The fraction of sp³-hybridized carbons (Fsp3) is 0.286. The second-order valence-electron chi connectivity index (χ2n) is 6.49. The van der Waals surface area contributed by atoms with E-state index >= 15 is 0 Å². The molecule has 0 aliphatic rings. The molecule has 0 fully saturated rings. The second-order valence-corrected chi connectivity index (χ2v) is 6.49. The number of carbonyl (C=O) groups excluding carboxylic acids is 3. The lowest BCUT2D eigenvalue weighted by atomic mass is 10.0. The molecule has 0 aliphatic carbocycles. The Morgan fingerprint density at radius 3 is 2.15 bits per heavy atom. The van der Waals surface area contributed by atoms with Gasteiger partial charge in [-0.15, -0.1) is 0 Å². The first-order chi connectivity index (χ1) is 12.9. The van der Waals surface area contributed by atoms with Crippen molar-refractivity contribution in [1.29, 1.82) is 0 Å². The van der Waals surface area contributed by atoms with Crippen molar-refractivity contribution < 1.29 is 19.1 Å². The molecular weight excluding hydrogens is 344 g/mol. The summed E-state index contributed by atoms with van der Waals surface area (Å²) in [6, 6.07) is 15.2. The van der Waals surface area contributed by atoms with Gasteiger partial charge in [0.05, 0.1) is 0 Å². The molecule has 2 amide bonds. The van der Waals surface area contributed by atoms with Gasteiger partial charge < -0.3 is 15.4 Å². The summed E-state index contributed by atoms with van der Waals surface area (Å²) in [4.78, 5) is 35.9. The van der Waals surface area contributed by atoms with Crippen molar-refractivity contribution in [3.63, 3.8) is 0 Å². The number of hydrogen-bond acceptors (Lipinski definition) is 4. The first-order valence-corrected chi connectivity index (χ1v) is 8.79. The molecule has 6 heteroatoms. The van der Waals surface area contributed by atoms with E-state index in [-0.39, 0.29) is 5.91 Å². The van der Waals surface area contributed by atoms with Crippen LogP contribution in [-0.2, 0) is 14.3 Å². The Bertz CT molecular complexity index is 786. The molecule has 0 saturated heterocycles. The lowest BCUT2D eigenvalue weighted by molar-refractivity contribution is -0.148. The van der Waals surface area contributed by atoms with E-state index in [1.54, 1.807) is 42.5 Å². The van der Waals surface area contributed by atoms with E-state index in [0.717, 1.165) is 0 Å². The van der Waals surface area contributed by atoms with Crippen LogP contribution in [-0.4, -0.2) is 30.4 Å². The number of esters is 1. The Hall–Kier alpha value is -3.15. The highest BCUT2D eigenvalue weighted by Gasteiger charge is 2.19. The zero-order valence-electron chi connectivity index (χ0n) is 15.7. The van der Waals surface area contributed by atoms with E-state index in [9.17, 15) is 14.4 Å². The van der Waals surface area contributed by atoms with Crippen molar-refractivity contribution >= 4 is 23.5 Å². The molecule has 1 atom stereocenters. The smallest absolute Gasteiger partial charge is 0.328 e. The standard InChI is InChI=1S/C21H24N2O4/c1-14(2)16-9-11-18(12-10-16)23-19(24)13-27-21(26)15(3)22-20(25)17-7-5-4-6-8-17/h4-12,14-15H,13H2,1-3H3,(H,22,25)(H,23,24). The molecule has 0 heterocycles. The second kappa shape index (κ2) is 9.52. The number of benzene rings is 2. The van der Waals surface area contributed by atoms with Crippen molar-refractivity contribution in [2.75, 3.05) is 11.9 Å². The summed E-state index contributed by atoms with van der Waals surface area (Å²) >= 11 is 0. The zero-order chi connectivity index (χ0) is 19.8. The SMILES string of the molecule is CC(NC(=O)c1ccccc1)C(=O)OCC(=O)Nc1ccc(C(C)C)cc1. The summed E-state index contributed by atoms with van der Waals surface area (Å²) in [6.45, 7) is 5.26. The summed E-state index contributed by atoms with van der Waals surface area (Å²) < 4.78 is 4.97. The van der Waals surface area contributed by atoms with Gasteiger partial charge in [0.1, 0.15) is 6.04 Å². The molecule has 27 heavy (non-hydrogen) atoms. The van der Waals surface area contributed by atoms with Gasteiger partial charge >= 0.3 is 5.97 Å². The van der Waals surface area contributed by atoms with E-state index in [2.05, 4.69) is 24.5 Å². The van der Waals surface area contributed by atoms with Gasteiger partial charge in [-0.25, -0.2) is 4.79 Å². The van der Waals surface area contributed by atoms with Crippen LogP contribution in [0, 0.1) is 0 Å². The average Bonchev–Trinajstić information content (AvgIpc) is 2.67. The number of hydrogen-bond donors (Lipinski definition) is 2. The van der Waals surface area contributed by atoms with Crippen LogP contribution in [0.25, 0.3) is 0 Å². The summed E-state index contributed by atoms with van der Waals surface area (Å²) in [6.07, 6.45) is 0. The maximum atomic E-state index is 12.0. The first-order valence-electron chi connectivity index (χ1n) is 8.79. The van der Waals surface area contributed by atoms with Gasteiger partial charge in [0.2, 0.25) is 0 Å². The number of anilines is 1. The Morgan fingerprint density at radius 2 is 1.56 bits per heavy atom.